The zero-order chi connectivity index (χ0) is 15.3. The van der Waals surface area contributed by atoms with Gasteiger partial charge in [0.15, 0.2) is 0 Å². The number of ether oxygens (including phenoxy) is 1. The van der Waals surface area contributed by atoms with E-state index in [0.29, 0.717) is 0 Å². The molecule has 3 nitrogen and oxygen atoms in total. The molecule has 0 aromatic heterocycles. The number of carbonyl (C=O) groups excluding carboxylic acids is 1. The Morgan fingerprint density at radius 1 is 1.05 bits per heavy atom. The Bertz CT molecular complexity index is 412. The summed E-state index contributed by atoms with van der Waals surface area (Å²) in [5.41, 5.74) is 0.853. The van der Waals surface area contributed by atoms with Crippen LogP contribution in [0.15, 0.2) is 30.3 Å². The molecule has 1 aromatic rings. The molecule has 112 valence electrons. The average molecular weight is 278 g/mol. The standard InChI is InChI=1S/C17H26O3/c1-11(2)16(20-17(19)12(3)4)13(5)15(18)14-9-7-6-8-10-14/h6-13,15-16,18H,1-5H3/t13-,15-,16+/m0/s1. The van der Waals surface area contributed by atoms with Crippen molar-refractivity contribution in [2.45, 2.75) is 46.8 Å². The lowest BCUT2D eigenvalue weighted by molar-refractivity contribution is -0.161. The molecule has 1 aromatic carbocycles. The summed E-state index contributed by atoms with van der Waals surface area (Å²) in [4.78, 5) is 11.8. The molecule has 0 aliphatic carbocycles. The van der Waals surface area contributed by atoms with Crippen molar-refractivity contribution in [3.63, 3.8) is 0 Å². The fourth-order valence-electron chi connectivity index (χ4n) is 2.25. The Morgan fingerprint density at radius 2 is 1.60 bits per heavy atom. The maximum absolute atomic E-state index is 11.8. The first-order valence-electron chi connectivity index (χ1n) is 7.28. The summed E-state index contributed by atoms with van der Waals surface area (Å²) in [6.45, 7) is 9.57. The Hall–Kier alpha value is -1.35. The minimum absolute atomic E-state index is 0.153. The summed E-state index contributed by atoms with van der Waals surface area (Å²) in [7, 11) is 0. The number of aliphatic hydroxyl groups is 1. The van der Waals surface area contributed by atoms with Gasteiger partial charge in [-0.1, -0.05) is 65.0 Å². The minimum Gasteiger partial charge on any atom is -0.461 e. The van der Waals surface area contributed by atoms with Crippen molar-refractivity contribution in [2.75, 3.05) is 0 Å². The quantitative estimate of drug-likeness (QED) is 0.809. The van der Waals surface area contributed by atoms with Crippen molar-refractivity contribution >= 4 is 5.97 Å². The molecule has 0 fully saturated rings. The molecule has 0 saturated carbocycles. The highest BCUT2D eigenvalue weighted by atomic mass is 16.5. The van der Waals surface area contributed by atoms with E-state index in [1.165, 1.54) is 0 Å². The minimum atomic E-state index is -0.636. The van der Waals surface area contributed by atoms with Crippen LogP contribution in [-0.4, -0.2) is 17.2 Å². The van der Waals surface area contributed by atoms with Crippen LogP contribution in [-0.2, 0) is 9.53 Å². The largest absolute Gasteiger partial charge is 0.461 e. The molecule has 1 N–H and O–H groups in total. The van der Waals surface area contributed by atoms with Gasteiger partial charge in [-0.3, -0.25) is 4.79 Å². The lowest BCUT2D eigenvalue weighted by atomic mass is 9.87. The van der Waals surface area contributed by atoms with Gasteiger partial charge >= 0.3 is 5.97 Å². The summed E-state index contributed by atoms with van der Waals surface area (Å²) in [5.74, 6) is -0.362. The van der Waals surface area contributed by atoms with Gasteiger partial charge in [0, 0.05) is 5.92 Å². The third-order valence-corrected chi connectivity index (χ3v) is 3.54. The normalized spacial score (nSPS) is 16.0. The van der Waals surface area contributed by atoms with Crippen LogP contribution in [0.1, 0.15) is 46.3 Å². The molecule has 20 heavy (non-hydrogen) atoms. The SMILES string of the molecule is CC(C)C(=O)O[C@H](C(C)C)[C@@H](C)[C@H](O)c1ccccc1. The predicted molar refractivity (Wildman–Crippen MR) is 80.1 cm³/mol. The van der Waals surface area contributed by atoms with Crippen LogP contribution in [0.4, 0.5) is 0 Å². The van der Waals surface area contributed by atoms with Crippen LogP contribution < -0.4 is 0 Å². The van der Waals surface area contributed by atoms with E-state index in [0.717, 1.165) is 5.56 Å². The van der Waals surface area contributed by atoms with Gasteiger partial charge in [-0.15, -0.1) is 0 Å². The number of benzene rings is 1. The number of carbonyl (C=O) groups is 1. The summed E-state index contributed by atoms with van der Waals surface area (Å²) in [5, 5.41) is 10.5. The van der Waals surface area contributed by atoms with Gasteiger partial charge in [0.2, 0.25) is 0 Å². The number of rotatable bonds is 6. The first-order valence-corrected chi connectivity index (χ1v) is 7.28. The first kappa shape index (κ1) is 16.7. The molecule has 3 heteroatoms. The topological polar surface area (TPSA) is 46.5 Å². The molecule has 1 rings (SSSR count). The molecule has 3 atom stereocenters. The number of esters is 1. The monoisotopic (exact) mass is 278 g/mol. The van der Waals surface area contributed by atoms with E-state index in [-0.39, 0.29) is 29.8 Å². The van der Waals surface area contributed by atoms with Gasteiger partial charge in [0.25, 0.3) is 0 Å². The van der Waals surface area contributed by atoms with Crippen LogP contribution >= 0.6 is 0 Å². The highest BCUT2D eigenvalue weighted by Gasteiger charge is 2.31. The van der Waals surface area contributed by atoms with Gasteiger partial charge in [-0.2, -0.15) is 0 Å². The van der Waals surface area contributed by atoms with E-state index in [1.54, 1.807) is 0 Å². The van der Waals surface area contributed by atoms with Crippen molar-refractivity contribution in [2.24, 2.45) is 17.8 Å². The molecule has 0 heterocycles. The Morgan fingerprint density at radius 3 is 2.05 bits per heavy atom. The summed E-state index contributed by atoms with van der Waals surface area (Å²) < 4.78 is 5.58. The third-order valence-electron chi connectivity index (χ3n) is 3.54. The smallest absolute Gasteiger partial charge is 0.308 e. The lowest BCUT2D eigenvalue weighted by Crippen LogP contribution is -2.35. The summed E-state index contributed by atoms with van der Waals surface area (Å²) in [6, 6.07) is 9.50. The second-order valence-electron chi connectivity index (χ2n) is 6.01. The van der Waals surface area contributed by atoms with Crippen LogP contribution in [0, 0.1) is 17.8 Å². The van der Waals surface area contributed by atoms with E-state index >= 15 is 0 Å². The second-order valence-corrected chi connectivity index (χ2v) is 6.01. The Labute approximate surface area is 122 Å². The fourth-order valence-corrected chi connectivity index (χ4v) is 2.25. The number of aliphatic hydroxyl groups excluding tert-OH is 1. The predicted octanol–water partition coefficient (Wildman–Crippen LogP) is 3.58. The van der Waals surface area contributed by atoms with Crippen LogP contribution in [0.5, 0.6) is 0 Å². The van der Waals surface area contributed by atoms with Crippen molar-refractivity contribution in [3.05, 3.63) is 35.9 Å². The van der Waals surface area contributed by atoms with E-state index in [2.05, 4.69) is 0 Å². The molecular formula is C17H26O3. The van der Waals surface area contributed by atoms with Crippen molar-refractivity contribution < 1.29 is 14.6 Å². The zero-order valence-electron chi connectivity index (χ0n) is 13.0. The van der Waals surface area contributed by atoms with Crippen molar-refractivity contribution in [3.8, 4) is 0 Å². The van der Waals surface area contributed by atoms with Gasteiger partial charge < -0.3 is 9.84 Å². The van der Waals surface area contributed by atoms with Crippen LogP contribution in [0.2, 0.25) is 0 Å². The molecule has 0 amide bonds. The third kappa shape index (κ3) is 4.34. The Balaban J connectivity index is 2.83. The van der Waals surface area contributed by atoms with Gasteiger partial charge in [0.05, 0.1) is 12.0 Å². The van der Waals surface area contributed by atoms with Crippen molar-refractivity contribution in [1.82, 2.24) is 0 Å². The van der Waals surface area contributed by atoms with Gasteiger partial charge in [-0.25, -0.2) is 0 Å². The lowest BCUT2D eigenvalue weighted by Gasteiger charge is -2.31. The first-order chi connectivity index (χ1) is 9.34. The maximum Gasteiger partial charge on any atom is 0.308 e. The fraction of sp³-hybridized carbons (Fsp3) is 0.588. The molecule has 0 unspecified atom stereocenters. The Kier molecular flexibility index (Phi) is 6.21. The van der Waals surface area contributed by atoms with E-state index < -0.39 is 6.10 Å². The van der Waals surface area contributed by atoms with E-state index in [1.807, 2.05) is 65.0 Å². The van der Waals surface area contributed by atoms with E-state index in [4.69, 9.17) is 4.74 Å². The number of hydrogen-bond acceptors (Lipinski definition) is 3. The highest BCUT2D eigenvalue weighted by molar-refractivity contribution is 5.71. The second kappa shape index (κ2) is 7.44. The van der Waals surface area contributed by atoms with Gasteiger partial charge in [0.1, 0.15) is 6.10 Å². The molecule has 0 spiro atoms. The van der Waals surface area contributed by atoms with Crippen LogP contribution in [0.3, 0.4) is 0 Å². The molecule has 0 bridgehead atoms. The van der Waals surface area contributed by atoms with E-state index in [9.17, 15) is 9.90 Å². The molecule has 0 radical (unpaired) electrons. The van der Waals surface area contributed by atoms with Crippen LogP contribution in [0.25, 0.3) is 0 Å². The average Bonchev–Trinajstić information content (AvgIpc) is 2.43. The molecule has 0 aliphatic rings. The molecule has 0 aliphatic heterocycles. The number of hydrogen-bond donors (Lipinski definition) is 1. The van der Waals surface area contributed by atoms with Gasteiger partial charge in [-0.05, 0) is 11.5 Å². The van der Waals surface area contributed by atoms with Crippen molar-refractivity contribution in [1.29, 1.82) is 0 Å². The summed E-state index contributed by atoms with van der Waals surface area (Å²) in [6.07, 6.45) is -0.927. The highest BCUT2D eigenvalue weighted by Crippen LogP contribution is 2.29. The molecular weight excluding hydrogens is 252 g/mol. The molecule has 0 saturated heterocycles. The maximum atomic E-state index is 11.8. The summed E-state index contributed by atoms with van der Waals surface area (Å²) >= 11 is 0. The zero-order valence-corrected chi connectivity index (χ0v) is 13.0.